The number of aromatic amines is 1. The van der Waals surface area contributed by atoms with Crippen molar-refractivity contribution >= 4 is 5.78 Å². The van der Waals surface area contributed by atoms with Gasteiger partial charge in [0, 0.05) is 12.5 Å². The van der Waals surface area contributed by atoms with Gasteiger partial charge >= 0.3 is 0 Å². The lowest BCUT2D eigenvalue weighted by Gasteiger charge is -2.14. The van der Waals surface area contributed by atoms with Gasteiger partial charge in [0.15, 0.2) is 5.78 Å². The third kappa shape index (κ3) is 3.41. The van der Waals surface area contributed by atoms with E-state index in [9.17, 15) is 9.59 Å². The van der Waals surface area contributed by atoms with Crippen LogP contribution in [0.5, 0.6) is 0 Å². The maximum atomic E-state index is 12.4. The third-order valence-corrected chi connectivity index (χ3v) is 4.81. The quantitative estimate of drug-likeness (QED) is 0.860. The van der Waals surface area contributed by atoms with Crippen molar-refractivity contribution in [3.8, 4) is 0 Å². The summed E-state index contributed by atoms with van der Waals surface area (Å²) in [5.41, 5.74) is 2.86. The van der Waals surface area contributed by atoms with E-state index in [0.717, 1.165) is 5.56 Å². The number of nitrogens with one attached hydrogen (secondary N) is 1. The number of ketones is 1. The maximum Gasteiger partial charge on any atom is 0.251 e. The molecule has 1 aromatic heterocycles. The van der Waals surface area contributed by atoms with Gasteiger partial charge in [-0.15, -0.1) is 0 Å². The molecular formula is C19H22N2O2. The number of nitrogens with zero attached hydrogens (tertiary/aromatic N) is 1. The van der Waals surface area contributed by atoms with Crippen molar-refractivity contribution in [2.45, 2.75) is 51.4 Å². The molecule has 1 atom stereocenters. The molecule has 1 fully saturated rings. The molecule has 1 saturated carbocycles. The Kier molecular flexibility index (Phi) is 3.92. The molecule has 1 aromatic carbocycles. The molecule has 1 aliphatic carbocycles. The van der Waals surface area contributed by atoms with Crippen LogP contribution in [0.1, 0.15) is 66.5 Å². The molecule has 1 heterocycles. The Labute approximate surface area is 136 Å². The molecule has 23 heavy (non-hydrogen) atoms. The van der Waals surface area contributed by atoms with E-state index in [1.807, 2.05) is 6.92 Å². The Morgan fingerprint density at radius 1 is 1.30 bits per heavy atom. The van der Waals surface area contributed by atoms with Crippen molar-refractivity contribution in [3.05, 3.63) is 63.3 Å². The van der Waals surface area contributed by atoms with Crippen LogP contribution in [0, 0.1) is 6.92 Å². The zero-order valence-electron chi connectivity index (χ0n) is 13.8. The van der Waals surface area contributed by atoms with E-state index in [2.05, 4.69) is 41.2 Å². The van der Waals surface area contributed by atoms with Crippen LogP contribution in [0.25, 0.3) is 0 Å². The standard InChI is InChI=1S/C19H22N2O2/c1-12(10-17(22)16-11-18(23)21-13(2)20-16)14-4-6-15(7-5-14)19(3)8-9-19/h4-7,11-12H,8-10H2,1-3H3,(H,20,21,23)/t12-/m0/s1. The fourth-order valence-electron chi connectivity index (χ4n) is 2.91. The highest BCUT2D eigenvalue weighted by Crippen LogP contribution is 2.47. The number of H-pyrrole nitrogens is 1. The van der Waals surface area contributed by atoms with Crippen LogP contribution >= 0.6 is 0 Å². The Bertz CT molecular complexity index is 786. The zero-order chi connectivity index (χ0) is 16.6. The Morgan fingerprint density at radius 3 is 2.52 bits per heavy atom. The second kappa shape index (κ2) is 5.76. The highest BCUT2D eigenvalue weighted by molar-refractivity contribution is 5.94. The Hall–Kier alpha value is -2.23. The number of benzene rings is 1. The van der Waals surface area contributed by atoms with Gasteiger partial charge in [-0.1, -0.05) is 38.1 Å². The van der Waals surface area contributed by atoms with Crippen LogP contribution in [0.15, 0.2) is 35.1 Å². The van der Waals surface area contributed by atoms with E-state index in [4.69, 9.17) is 0 Å². The van der Waals surface area contributed by atoms with Crippen LogP contribution in [0.3, 0.4) is 0 Å². The average molecular weight is 310 g/mol. The molecule has 0 aliphatic heterocycles. The van der Waals surface area contributed by atoms with E-state index in [-0.39, 0.29) is 23.0 Å². The molecule has 0 bridgehead atoms. The van der Waals surface area contributed by atoms with Crippen molar-refractivity contribution in [2.75, 3.05) is 0 Å². The van der Waals surface area contributed by atoms with E-state index < -0.39 is 0 Å². The highest BCUT2D eigenvalue weighted by atomic mass is 16.1. The molecule has 0 saturated heterocycles. The minimum absolute atomic E-state index is 0.0927. The number of aromatic nitrogens is 2. The summed E-state index contributed by atoms with van der Waals surface area (Å²) in [7, 11) is 0. The summed E-state index contributed by atoms with van der Waals surface area (Å²) in [5.74, 6) is 0.477. The normalized spacial score (nSPS) is 16.8. The van der Waals surface area contributed by atoms with Gasteiger partial charge in [0.1, 0.15) is 11.5 Å². The van der Waals surface area contributed by atoms with E-state index in [1.165, 1.54) is 24.5 Å². The number of hydrogen-bond acceptors (Lipinski definition) is 3. The molecule has 0 unspecified atom stereocenters. The molecule has 4 heteroatoms. The molecule has 0 radical (unpaired) electrons. The first-order chi connectivity index (χ1) is 10.9. The van der Waals surface area contributed by atoms with Crippen molar-refractivity contribution in [2.24, 2.45) is 0 Å². The number of rotatable bonds is 5. The van der Waals surface area contributed by atoms with Gasteiger partial charge < -0.3 is 4.98 Å². The molecule has 0 spiro atoms. The number of aryl methyl sites for hydroxylation is 1. The number of carbonyl (C=O) groups excluding carboxylic acids is 1. The van der Waals surface area contributed by atoms with Gasteiger partial charge in [0.2, 0.25) is 0 Å². The molecule has 3 rings (SSSR count). The van der Waals surface area contributed by atoms with E-state index >= 15 is 0 Å². The van der Waals surface area contributed by atoms with Gasteiger partial charge in [-0.05, 0) is 42.2 Å². The predicted molar refractivity (Wildman–Crippen MR) is 90.0 cm³/mol. The average Bonchev–Trinajstić information content (AvgIpc) is 3.25. The summed E-state index contributed by atoms with van der Waals surface area (Å²) in [6, 6.07) is 9.87. The molecule has 4 nitrogen and oxygen atoms in total. The lowest BCUT2D eigenvalue weighted by Crippen LogP contribution is -2.15. The summed E-state index contributed by atoms with van der Waals surface area (Å²) >= 11 is 0. The highest BCUT2D eigenvalue weighted by Gasteiger charge is 2.38. The first-order valence-electron chi connectivity index (χ1n) is 8.09. The number of hydrogen-bond donors (Lipinski definition) is 1. The predicted octanol–water partition coefficient (Wildman–Crippen LogP) is 3.51. The first kappa shape index (κ1) is 15.7. The fraction of sp³-hybridized carbons (Fsp3) is 0.421. The van der Waals surface area contributed by atoms with Crippen LogP contribution in [-0.2, 0) is 5.41 Å². The third-order valence-electron chi connectivity index (χ3n) is 4.81. The van der Waals surface area contributed by atoms with Crippen LogP contribution in [0.4, 0.5) is 0 Å². The van der Waals surface area contributed by atoms with Crippen molar-refractivity contribution in [1.82, 2.24) is 9.97 Å². The minimum atomic E-state index is -0.282. The van der Waals surface area contributed by atoms with Gasteiger partial charge in [-0.2, -0.15) is 0 Å². The Morgan fingerprint density at radius 2 is 1.96 bits per heavy atom. The zero-order valence-corrected chi connectivity index (χ0v) is 13.8. The van der Waals surface area contributed by atoms with Gasteiger partial charge in [-0.3, -0.25) is 9.59 Å². The van der Waals surface area contributed by atoms with E-state index in [0.29, 0.717) is 17.7 Å². The molecule has 0 amide bonds. The lowest BCUT2D eigenvalue weighted by molar-refractivity contribution is 0.0970. The molecule has 2 aromatic rings. The van der Waals surface area contributed by atoms with Crippen molar-refractivity contribution in [3.63, 3.8) is 0 Å². The molecule has 1 aliphatic rings. The van der Waals surface area contributed by atoms with Crippen LogP contribution in [0.2, 0.25) is 0 Å². The summed E-state index contributed by atoms with van der Waals surface area (Å²) in [6.07, 6.45) is 2.87. The molecule has 120 valence electrons. The maximum absolute atomic E-state index is 12.4. The Balaban J connectivity index is 1.72. The van der Waals surface area contributed by atoms with Crippen molar-refractivity contribution in [1.29, 1.82) is 0 Å². The topological polar surface area (TPSA) is 62.8 Å². The second-order valence-electron chi connectivity index (χ2n) is 6.93. The summed E-state index contributed by atoms with van der Waals surface area (Å²) in [6.45, 7) is 6.00. The monoisotopic (exact) mass is 310 g/mol. The minimum Gasteiger partial charge on any atom is -0.311 e. The SMILES string of the molecule is Cc1nc(C(=O)C[C@H](C)c2ccc(C3(C)CC3)cc2)cc(=O)[nH]1. The smallest absolute Gasteiger partial charge is 0.251 e. The van der Waals surface area contributed by atoms with Crippen LogP contribution < -0.4 is 5.56 Å². The van der Waals surface area contributed by atoms with Gasteiger partial charge in [-0.25, -0.2) is 4.98 Å². The largest absolute Gasteiger partial charge is 0.311 e. The fourth-order valence-corrected chi connectivity index (χ4v) is 2.91. The van der Waals surface area contributed by atoms with Gasteiger partial charge in [0.05, 0.1) is 0 Å². The first-order valence-corrected chi connectivity index (χ1v) is 8.09. The summed E-state index contributed by atoms with van der Waals surface area (Å²) in [5, 5.41) is 0. The van der Waals surface area contributed by atoms with E-state index in [1.54, 1.807) is 6.92 Å². The number of Topliss-reactive ketones (excluding diaryl/α,β-unsaturated/α-hetero) is 1. The molecular weight excluding hydrogens is 288 g/mol. The lowest BCUT2D eigenvalue weighted by atomic mass is 9.91. The summed E-state index contributed by atoms with van der Waals surface area (Å²) in [4.78, 5) is 30.5. The van der Waals surface area contributed by atoms with Crippen molar-refractivity contribution < 1.29 is 4.79 Å². The number of carbonyl (C=O) groups is 1. The molecule has 1 N–H and O–H groups in total. The summed E-state index contributed by atoms with van der Waals surface area (Å²) < 4.78 is 0. The van der Waals surface area contributed by atoms with Crippen LogP contribution in [-0.4, -0.2) is 15.8 Å². The van der Waals surface area contributed by atoms with Gasteiger partial charge in [0.25, 0.3) is 5.56 Å². The second-order valence-corrected chi connectivity index (χ2v) is 6.93.